The Kier molecular flexibility index (Phi) is 2.91. The predicted octanol–water partition coefficient (Wildman–Crippen LogP) is 3.03. The molecular formula is C14H14O3. The minimum Gasteiger partial charge on any atom is -0.508 e. The molecule has 2 aromatic rings. The van der Waals surface area contributed by atoms with Gasteiger partial charge in [0.2, 0.25) is 0 Å². The zero-order chi connectivity index (χ0) is 12.4. The van der Waals surface area contributed by atoms with Crippen molar-refractivity contribution in [2.24, 2.45) is 0 Å². The molecule has 2 aromatic carbocycles. The Balaban J connectivity index is 2.55. The van der Waals surface area contributed by atoms with Crippen LogP contribution in [-0.2, 0) is 6.42 Å². The van der Waals surface area contributed by atoms with Crippen molar-refractivity contribution in [2.45, 2.75) is 13.3 Å². The summed E-state index contributed by atoms with van der Waals surface area (Å²) in [7, 11) is 0. The van der Waals surface area contributed by atoms with Gasteiger partial charge >= 0.3 is 0 Å². The predicted molar refractivity (Wildman–Crippen MR) is 66.3 cm³/mol. The summed E-state index contributed by atoms with van der Waals surface area (Å²) in [6.45, 7) is 2.00. The maximum atomic E-state index is 9.48. The maximum absolute atomic E-state index is 9.48. The number of aromatic hydroxyl groups is 3. The Hall–Kier alpha value is -2.16. The van der Waals surface area contributed by atoms with Crippen molar-refractivity contribution in [2.75, 3.05) is 0 Å². The summed E-state index contributed by atoms with van der Waals surface area (Å²) in [6, 6.07) is 9.83. The van der Waals surface area contributed by atoms with Crippen LogP contribution in [0.15, 0.2) is 36.4 Å². The van der Waals surface area contributed by atoms with Gasteiger partial charge in [-0.15, -0.1) is 0 Å². The van der Waals surface area contributed by atoms with Crippen molar-refractivity contribution in [1.82, 2.24) is 0 Å². The van der Waals surface area contributed by atoms with Crippen molar-refractivity contribution < 1.29 is 15.3 Å². The first-order valence-corrected chi connectivity index (χ1v) is 5.46. The van der Waals surface area contributed by atoms with Gasteiger partial charge in [-0.25, -0.2) is 0 Å². The molecule has 3 nitrogen and oxygen atoms in total. The normalized spacial score (nSPS) is 10.4. The van der Waals surface area contributed by atoms with Crippen LogP contribution in [-0.4, -0.2) is 15.3 Å². The van der Waals surface area contributed by atoms with Crippen LogP contribution < -0.4 is 0 Å². The van der Waals surface area contributed by atoms with Gasteiger partial charge in [0.25, 0.3) is 0 Å². The van der Waals surface area contributed by atoms with E-state index in [4.69, 9.17) is 0 Å². The van der Waals surface area contributed by atoms with Gasteiger partial charge in [-0.05, 0) is 47.4 Å². The first-order chi connectivity index (χ1) is 8.11. The van der Waals surface area contributed by atoms with E-state index in [1.54, 1.807) is 24.3 Å². The molecule has 0 spiro atoms. The fourth-order valence-corrected chi connectivity index (χ4v) is 1.85. The molecule has 0 aliphatic rings. The summed E-state index contributed by atoms with van der Waals surface area (Å²) >= 11 is 0. The second-order valence-corrected chi connectivity index (χ2v) is 3.90. The summed E-state index contributed by atoms with van der Waals surface area (Å²) in [4.78, 5) is 0. The highest BCUT2D eigenvalue weighted by Gasteiger charge is 2.07. The van der Waals surface area contributed by atoms with Crippen LogP contribution in [0, 0.1) is 0 Å². The quantitative estimate of drug-likeness (QED) is 0.695. The van der Waals surface area contributed by atoms with Crippen molar-refractivity contribution >= 4 is 0 Å². The third-order valence-electron chi connectivity index (χ3n) is 2.76. The summed E-state index contributed by atoms with van der Waals surface area (Å²) in [5, 5.41) is 28.2. The molecule has 3 N–H and O–H groups in total. The van der Waals surface area contributed by atoms with E-state index in [2.05, 4.69) is 0 Å². The van der Waals surface area contributed by atoms with Gasteiger partial charge in [-0.1, -0.05) is 19.1 Å². The molecule has 0 unspecified atom stereocenters. The SMILES string of the molecule is CCc1cc(O)ccc1-c1ccc(O)c(O)c1. The smallest absolute Gasteiger partial charge is 0.158 e. The number of phenolic OH excluding ortho intramolecular Hbond substituents is 3. The molecule has 17 heavy (non-hydrogen) atoms. The third kappa shape index (κ3) is 2.18. The molecule has 0 fully saturated rings. The average Bonchev–Trinajstić information content (AvgIpc) is 2.32. The van der Waals surface area contributed by atoms with Gasteiger partial charge < -0.3 is 15.3 Å². The van der Waals surface area contributed by atoms with Crippen LogP contribution >= 0.6 is 0 Å². The third-order valence-corrected chi connectivity index (χ3v) is 2.76. The topological polar surface area (TPSA) is 60.7 Å². The molecular weight excluding hydrogens is 216 g/mol. The molecule has 0 atom stereocenters. The van der Waals surface area contributed by atoms with E-state index in [0.717, 1.165) is 23.1 Å². The molecule has 0 amide bonds. The monoisotopic (exact) mass is 230 g/mol. The molecule has 0 aromatic heterocycles. The second kappa shape index (κ2) is 4.37. The molecule has 2 rings (SSSR count). The van der Waals surface area contributed by atoms with Gasteiger partial charge in [0.05, 0.1) is 0 Å². The van der Waals surface area contributed by atoms with Gasteiger partial charge in [0.15, 0.2) is 11.5 Å². The van der Waals surface area contributed by atoms with Crippen molar-refractivity contribution in [3.8, 4) is 28.4 Å². The summed E-state index contributed by atoms with van der Waals surface area (Å²) < 4.78 is 0. The largest absolute Gasteiger partial charge is 0.508 e. The molecule has 0 saturated carbocycles. The Morgan fingerprint density at radius 1 is 0.882 bits per heavy atom. The lowest BCUT2D eigenvalue weighted by Crippen LogP contribution is -1.87. The lowest BCUT2D eigenvalue weighted by Gasteiger charge is -2.09. The minimum atomic E-state index is -0.141. The molecule has 0 aliphatic heterocycles. The molecule has 0 heterocycles. The Labute approximate surface area is 99.6 Å². The first-order valence-electron chi connectivity index (χ1n) is 5.46. The summed E-state index contributed by atoms with van der Waals surface area (Å²) in [5.74, 6) is -0.0446. The standard InChI is InChI=1S/C14H14O3/c1-2-9-7-11(15)4-5-12(9)10-3-6-13(16)14(17)8-10/h3-8,15-17H,2H2,1H3. The Bertz CT molecular complexity index is 547. The van der Waals surface area contributed by atoms with Crippen LogP contribution in [0.2, 0.25) is 0 Å². The number of rotatable bonds is 2. The number of phenols is 3. The molecule has 88 valence electrons. The van der Waals surface area contributed by atoms with E-state index in [9.17, 15) is 15.3 Å². The van der Waals surface area contributed by atoms with Crippen LogP contribution in [0.5, 0.6) is 17.2 Å². The summed E-state index contributed by atoms with van der Waals surface area (Å²) in [5.41, 5.74) is 2.76. The number of aryl methyl sites for hydroxylation is 1. The van der Waals surface area contributed by atoms with Gasteiger partial charge in [-0.3, -0.25) is 0 Å². The lowest BCUT2D eigenvalue weighted by molar-refractivity contribution is 0.404. The zero-order valence-electron chi connectivity index (χ0n) is 9.51. The average molecular weight is 230 g/mol. The second-order valence-electron chi connectivity index (χ2n) is 3.90. The van der Waals surface area contributed by atoms with Gasteiger partial charge in [0.1, 0.15) is 5.75 Å². The van der Waals surface area contributed by atoms with Crippen LogP contribution in [0.1, 0.15) is 12.5 Å². The van der Waals surface area contributed by atoms with Crippen LogP contribution in [0.4, 0.5) is 0 Å². The van der Waals surface area contributed by atoms with Crippen LogP contribution in [0.3, 0.4) is 0 Å². The van der Waals surface area contributed by atoms with Crippen molar-refractivity contribution in [3.63, 3.8) is 0 Å². The highest BCUT2D eigenvalue weighted by atomic mass is 16.3. The minimum absolute atomic E-state index is 0.134. The number of hydrogen-bond donors (Lipinski definition) is 3. The lowest BCUT2D eigenvalue weighted by atomic mass is 9.97. The molecule has 0 bridgehead atoms. The fraction of sp³-hybridized carbons (Fsp3) is 0.143. The summed E-state index contributed by atoms with van der Waals surface area (Å²) in [6.07, 6.45) is 0.783. The molecule has 3 heteroatoms. The molecule has 0 aliphatic carbocycles. The van der Waals surface area contributed by atoms with Crippen molar-refractivity contribution in [1.29, 1.82) is 0 Å². The zero-order valence-corrected chi connectivity index (χ0v) is 9.51. The fourth-order valence-electron chi connectivity index (χ4n) is 1.85. The van der Waals surface area contributed by atoms with Gasteiger partial charge in [-0.2, -0.15) is 0 Å². The molecule has 0 saturated heterocycles. The van der Waals surface area contributed by atoms with E-state index in [1.807, 2.05) is 6.92 Å². The van der Waals surface area contributed by atoms with Crippen molar-refractivity contribution in [3.05, 3.63) is 42.0 Å². The van der Waals surface area contributed by atoms with Gasteiger partial charge in [0, 0.05) is 0 Å². The van der Waals surface area contributed by atoms with E-state index < -0.39 is 0 Å². The van der Waals surface area contributed by atoms with E-state index in [-0.39, 0.29) is 17.2 Å². The number of benzene rings is 2. The highest BCUT2D eigenvalue weighted by Crippen LogP contribution is 2.33. The Morgan fingerprint density at radius 2 is 1.65 bits per heavy atom. The maximum Gasteiger partial charge on any atom is 0.158 e. The van der Waals surface area contributed by atoms with E-state index in [1.165, 1.54) is 12.1 Å². The highest BCUT2D eigenvalue weighted by molar-refractivity contribution is 5.70. The first kappa shape index (κ1) is 11.3. The van der Waals surface area contributed by atoms with E-state index >= 15 is 0 Å². The molecule has 0 radical (unpaired) electrons. The van der Waals surface area contributed by atoms with Crippen LogP contribution in [0.25, 0.3) is 11.1 Å². The van der Waals surface area contributed by atoms with E-state index in [0.29, 0.717) is 0 Å². The number of hydrogen-bond acceptors (Lipinski definition) is 3. The Morgan fingerprint density at radius 3 is 2.29 bits per heavy atom.